The van der Waals surface area contributed by atoms with Crippen molar-refractivity contribution in [2.75, 3.05) is 0 Å². The Bertz CT molecular complexity index is 1710. The lowest BCUT2D eigenvalue weighted by atomic mass is 10.0. The van der Waals surface area contributed by atoms with Crippen LogP contribution in [-0.2, 0) is 17.1 Å². The van der Waals surface area contributed by atoms with Crippen LogP contribution in [0.15, 0.2) is 71.7 Å². The Balaban J connectivity index is 1.56. The molecule has 0 saturated heterocycles. The fourth-order valence-corrected chi connectivity index (χ4v) is 5.04. The Morgan fingerprint density at radius 2 is 1.71 bits per heavy atom. The molecule has 0 fully saturated rings. The van der Waals surface area contributed by atoms with E-state index in [1.165, 1.54) is 6.20 Å². The third-order valence-electron chi connectivity index (χ3n) is 5.63. The molecule has 1 unspecified atom stereocenters. The Labute approximate surface area is 225 Å². The molecule has 5 rings (SSSR count). The summed E-state index contributed by atoms with van der Waals surface area (Å²) in [7, 11) is 0. The van der Waals surface area contributed by atoms with Crippen LogP contribution in [0.4, 0.5) is 0 Å². The van der Waals surface area contributed by atoms with Crippen LogP contribution in [0.5, 0.6) is 0 Å². The molecule has 0 radical (unpaired) electrons. The lowest BCUT2D eigenvalue weighted by Crippen LogP contribution is -2.35. The minimum atomic E-state index is -1.79. The van der Waals surface area contributed by atoms with E-state index in [2.05, 4.69) is 29.6 Å². The Morgan fingerprint density at radius 3 is 2.45 bits per heavy atom. The molecular weight excluding hydrogens is 524 g/mol. The molecule has 190 valence electrons. The van der Waals surface area contributed by atoms with Gasteiger partial charge in [-0.15, -0.1) is 0 Å². The van der Waals surface area contributed by atoms with Crippen molar-refractivity contribution in [1.29, 1.82) is 0 Å². The van der Waals surface area contributed by atoms with Gasteiger partial charge in [-0.05, 0) is 38.1 Å². The van der Waals surface area contributed by atoms with Gasteiger partial charge in [0.2, 0.25) is 5.43 Å². The lowest BCUT2D eigenvalue weighted by molar-refractivity contribution is 0.0980. The number of carbonyl (C=O) groups excluding carboxylic acids is 1. The van der Waals surface area contributed by atoms with Crippen LogP contribution in [0.25, 0.3) is 33.7 Å². The summed E-state index contributed by atoms with van der Waals surface area (Å²) in [4.78, 5) is 47.0. The van der Waals surface area contributed by atoms with Gasteiger partial charge in [-0.25, -0.2) is 15.0 Å². The van der Waals surface area contributed by atoms with Gasteiger partial charge in [0.25, 0.3) is 5.91 Å². The van der Waals surface area contributed by atoms with E-state index in [0.29, 0.717) is 28.3 Å². The van der Waals surface area contributed by atoms with Crippen molar-refractivity contribution in [3.8, 4) is 22.5 Å². The third kappa shape index (κ3) is 5.42. The van der Waals surface area contributed by atoms with Gasteiger partial charge >= 0.3 is 0 Å². The molecule has 9 nitrogen and oxygen atoms in total. The summed E-state index contributed by atoms with van der Waals surface area (Å²) in [5, 5.41) is 0.272. The van der Waals surface area contributed by atoms with E-state index in [1.54, 1.807) is 31.2 Å². The second-order valence-electron chi connectivity index (χ2n) is 8.53. The van der Waals surface area contributed by atoms with Gasteiger partial charge in [0.05, 0.1) is 28.4 Å². The summed E-state index contributed by atoms with van der Waals surface area (Å²) in [6.07, 6.45) is 1.25. The van der Waals surface area contributed by atoms with Gasteiger partial charge < -0.3 is 9.54 Å². The summed E-state index contributed by atoms with van der Waals surface area (Å²) in [6.45, 7) is 3.62. The molecular formula is C27H21ClN6O3S. The Kier molecular flexibility index (Phi) is 7.19. The number of carbonyl (C=O) groups is 1. The number of nitrogens with one attached hydrogen (secondary N) is 2. The Hall–Kier alpha value is -4.12. The number of nitrogens with zero attached hydrogens (tertiary/aromatic N) is 4. The number of rotatable bonds is 6. The van der Waals surface area contributed by atoms with Crippen molar-refractivity contribution in [3.05, 3.63) is 105 Å². The molecule has 2 N–H and O–H groups in total. The zero-order chi connectivity index (χ0) is 26.8. The molecule has 0 aliphatic carbocycles. The molecule has 0 aliphatic heterocycles. The SMILES string of the molecule is Cc1cc(-c2nc3c(=O)c(C(=O)N[S+]([O-])Cc4cccc(C)n4)c[nH]c3nc2-c2ccccc2)cc(Cl)n1. The van der Waals surface area contributed by atoms with Gasteiger partial charge in [-0.1, -0.05) is 48.0 Å². The van der Waals surface area contributed by atoms with Crippen LogP contribution in [0, 0.1) is 13.8 Å². The average Bonchev–Trinajstić information content (AvgIpc) is 2.88. The number of benzene rings is 1. The van der Waals surface area contributed by atoms with Crippen LogP contribution in [0.3, 0.4) is 0 Å². The molecule has 4 aromatic heterocycles. The number of amides is 1. The molecule has 11 heteroatoms. The van der Waals surface area contributed by atoms with Gasteiger partial charge in [0, 0.05) is 28.7 Å². The van der Waals surface area contributed by atoms with Crippen LogP contribution >= 0.6 is 11.6 Å². The van der Waals surface area contributed by atoms with Gasteiger partial charge in [-0.3, -0.25) is 14.6 Å². The molecule has 0 bridgehead atoms. The zero-order valence-corrected chi connectivity index (χ0v) is 21.9. The van der Waals surface area contributed by atoms with E-state index >= 15 is 0 Å². The predicted octanol–water partition coefficient (Wildman–Crippen LogP) is 4.31. The number of aryl methyl sites for hydroxylation is 2. The Morgan fingerprint density at radius 1 is 0.947 bits per heavy atom. The van der Waals surface area contributed by atoms with Crippen LogP contribution < -0.4 is 10.2 Å². The maximum Gasteiger partial charge on any atom is 0.297 e. The quantitative estimate of drug-likeness (QED) is 0.240. The minimum absolute atomic E-state index is 0.00541. The van der Waals surface area contributed by atoms with Gasteiger partial charge in [-0.2, -0.15) is 4.72 Å². The molecule has 1 amide bonds. The molecule has 1 aromatic carbocycles. The van der Waals surface area contributed by atoms with E-state index in [-0.39, 0.29) is 27.6 Å². The first-order valence-corrected chi connectivity index (χ1v) is 13.2. The monoisotopic (exact) mass is 544 g/mol. The highest BCUT2D eigenvalue weighted by Crippen LogP contribution is 2.31. The third-order valence-corrected chi connectivity index (χ3v) is 6.79. The highest BCUT2D eigenvalue weighted by Gasteiger charge is 2.22. The van der Waals surface area contributed by atoms with Crippen molar-refractivity contribution in [1.82, 2.24) is 29.6 Å². The average molecular weight is 545 g/mol. The number of H-pyrrole nitrogens is 1. The molecule has 5 aromatic rings. The topological polar surface area (TPSA) is 137 Å². The molecule has 0 aliphatic rings. The summed E-state index contributed by atoms with van der Waals surface area (Å²) in [5.41, 5.74) is 3.63. The number of aromatic nitrogens is 5. The zero-order valence-electron chi connectivity index (χ0n) is 20.4. The number of hydrogen-bond acceptors (Lipinski definition) is 7. The number of hydrogen-bond donors (Lipinski definition) is 2. The van der Waals surface area contributed by atoms with E-state index in [9.17, 15) is 14.1 Å². The van der Waals surface area contributed by atoms with E-state index in [0.717, 1.165) is 11.3 Å². The van der Waals surface area contributed by atoms with Crippen LogP contribution in [-0.4, -0.2) is 35.4 Å². The first-order chi connectivity index (χ1) is 18.3. The van der Waals surface area contributed by atoms with Crippen molar-refractivity contribution in [3.63, 3.8) is 0 Å². The first kappa shape index (κ1) is 25.5. The van der Waals surface area contributed by atoms with E-state index < -0.39 is 22.7 Å². The molecule has 0 spiro atoms. The highest BCUT2D eigenvalue weighted by atomic mass is 35.5. The molecule has 1 atom stereocenters. The summed E-state index contributed by atoms with van der Waals surface area (Å²) < 4.78 is 14.9. The highest BCUT2D eigenvalue weighted by molar-refractivity contribution is 7.89. The van der Waals surface area contributed by atoms with Gasteiger partial charge in [0.15, 0.2) is 16.9 Å². The second kappa shape index (κ2) is 10.7. The molecule has 38 heavy (non-hydrogen) atoms. The summed E-state index contributed by atoms with van der Waals surface area (Å²) >= 11 is 4.42. The first-order valence-electron chi connectivity index (χ1n) is 11.5. The number of aromatic amines is 1. The van der Waals surface area contributed by atoms with Crippen LogP contribution in [0.1, 0.15) is 27.4 Å². The van der Waals surface area contributed by atoms with Crippen molar-refractivity contribution >= 4 is 40.0 Å². The maximum absolute atomic E-state index is 13.4. The number of fused-ring (bicyclic) bond motifs is 1. The van der Waals surface area contributed by atoms with Gasteiger partial charge in [0.1, 0.15) is 10.7 Å². The molecule has 0 saturated carbocycles. The summed E-state index contributed by atoms with van der Waals surface area (Å²) in [5.74, 6) is -0.789. The largest absolute Gasteiger partial charge is 0.593 e. The maximum atomic E-state index is 13.4. The summed E-state index contributed by atoms with van der Waals surface area (Å²) in [6, 6.07) is 18.2. The van der Waals surface area contributed by atoms with Crippen molar-refractivity contribution < 1.29 is 9.35 Å². The minimum Gasteiger partial charge on any atom is -0.593 e. The standard InChI is InChI=1S/C27H21ClN6O3S/c1-15-7-6-10-19(30-15)14-38(37)34-27(36)20-13-29-26-24(25(20)35)32-23(18-11-16(2)31-21(28)12-18)22(33-26)17-8-4-3-5-9-17/h3-13H,14H2,1-2H3,(H,34,36)(H,29,33,35). The number of pyridine rings is 3. The number of halogens is 1. The smallest absolute Gasteiger partial charge is 0.297 e. The predicted molar refractivity (Wildman–Crippen MR) is 147 cm³/mol. The fourth-order valence-electron chi connectivity index (χ4n) is 3.97. The van der Waals surface area contributed by atoms with Crippen molar-refractivity contribution in [2.24, 2.45) is 0 Å². The molecule has 4 heterocycles. The normalized spacial score (nSPS) is 11.9. The van der Waals surface area contributed by atoms with Crippen molar-refractivity contribution in [2.45, 2.75) is 19.6 Å². The van der Waals surface area contributed by atoms with E-state index in [1.807, 2.05) is 43.3 Å². The second-order valence-corrected chi connectivity index (χ2v) is 10.1. The van der Waals surface area contributed by atoms with Crippen LogP contribution in [0.2, 0.25) is 5.15 Å². The van der Waals surface area contributed by atoms with E-state index in [4.69, 9.17) is 11.6 Å². The fraction of sp³-hybridized carbons (Fsp3) is 0.111. The lowest BCUT2D eigenvalue weighted by Gasteiger charge is -2.12.